The molecule has 0 aliphatic heterocycles. The second-order valence-electron chi connectivity index (χ2n) is 21.2. The highest BCUT2D eigenvalue weighted by Gasteiger charge is 2.31. The Morgan fingerprint density at radius 2 is 0.878 bits per heavy atom. The van der Waals surface area contributed by atoms with Gasteiger partial charge in [0.05, 0.1) is 25.8 Å². The van der Waals surface area contributed by atoms with E-state index in [-0.39, 0.29) is 18.1 Å². The molecular weight excluding hydrogens is 1310 g/mol. The minimum Gasteiger partial charge on any atom is -0.496 e. The molecule has 0 aromatic heterocycles. The van der Waals surface area contributed by atoms with Crippen LogP contribution in [0.5, 0.6) is 11.5 Å². The number of nitrogens with one attached hydrogen (secondary N) is 1. The van der Waals surface area contributed by atoms with Crippen LogP contribution in [0.15, 0.2) is 217 Å². The molecule has 9 aromatic carbocycles. The third-order valence-electron chi connectivity index (χ3n) is 12.8. The molecule has 0 fully saturated rings. The van der Waals surface area contributed by atoms with Crippen molar-refractivity contribution < 1.29 is 71.0 Å². The van der Waals surface area contributed by atoms with Gasteiger partial charge >= 0.3 is 37.9 Å². The maximum absolute atomic E-state index is 12.0. The van der Waals surface area contributed by atoms with Crippen LogP contribution in [0, 0.1) is 90.0 Å². The van der Waals surface area contributed by atoms with Crippen LogP contribution in [0.3, 0.4) is 0 Å². The van der Waals surface area contributed by atoms with E-state index in [1.807, 2.05) is 106 Å². The van der Waals surface area contributed by atoms with Gasteiger partial charge in [0.1, 0.15) is 11.5 Å². The standard InChI is InChI=1S/C10H14O.C9H11NO.C9H12.C8H7F3.C8H8O2.C8H10O.2C8H10.C7H8.C2H5NO2S.2O3S/c1-4-9-5-6-10(11-3)8(2)7-9;1-7-4-3-5-9(6-7)10-8(2)11;1-7-4-5-8(2)9(3)6-7;1-6-4-2-3-5-7(6)8(9,10)11;1-7-3-2-4-8(5-7)10-6-9;1-7-3-2-4-8(5-7)6-9;2*1-7-5-3-4-6-8(7)2;1-7-5-3-2-4-6-7;1-2-3-6(4)5;2*1-4(2)3/h5-7H,4H2,1-3H3;3-6H,1-2H3,(H,10,11);4-6H,1-3H3;2-5H,1H3;2-6H,1H3;2-5,9H,6H2,1H3;2*3-6H,1-2H3;2-6H,1H3;2H2,1H3;;. The molecule has 530 valence electrons. The number of carbonyl (C=O) groups is 2. The first-order chi connectivity index (χ1) is 46.1. The Kier molecular flexibility index (Phi) is 52.4. The highest BCUT2D eigenvalue weighted by atomic mass is 32.2. The summed E-state index contributed by atoms with van der Waals surface area (Å²) in [6, 6.07) is 68.1. The maximum Gasteiger partial charge on any atom is 0.425 e. The number of hydrogen-bond donors (Lipinski definition) is 2. The van der Waals surface area contributed by atoms with Crippen LogP contribution in [0.4, 0.5) is 18.9 Å². The van der Waals surface area contributed by atoms with Gasteiger partial charge in [-0.15, -0.1) is 25.3 Å². The summed E-state index contributed by atoms with van der Waals surface area (Å²) in [5.74, 6) is 1.54. The fourth-order valence-electron chi connectivity index (χ4n) is 7.39. The smallest absolute Gasteiger partial charge is 0.425 e. The Labute approximate surface area is 583 Å². The first-order valence-corrected chi connectivity index (χ1v) is 33.4. The third kappa shape index (κ3) is 52.6. The van der Waals surface area contributed by atoms with Crippen molar-refractivity contribution >= 4 is 49.8 Å². The summed E-state index contributed by atoms with van der Waals surface area (Å²) in [5.41, 5.74) is 18.5. The number of aryl methyl sites for hydroxylation is 14. The number of rotatable bonds is 7. The number of aliphatic hydroxyl groups is 1. The van der Waals surface area contributed by atoms with Gasteiger partial charge in [-0.3, -0.25) is 9.59 Å². The van der Waals surface area contributed by atoms with Gasteiger partial charge in [-0.25, -0.2) is 0 Å². The fourth-order valence-corrected chi connectivity index (χ4v) is 7.60. The molecule has 9 aromatic rings. The SMILES string of the molecule is CC(=O)Nc1cccc(C)c1.CCN=S(=O)=O.CCc1ccc(OC)c(C)c1.Cc1ccc(C)c(C)c1.Cc1cccc(CO)c1.Cc1cccc(OC=O)c1.Cc1ccccc1.Cc1ccccc1C.Cc1ccccc1C.Cc1ccccc1C(F)(F)F.O=S(=O)=O.O=S(=O)=O. The second kappa shape index (κ2) is 55.5. The molecule has 0 saturated heterocycles. The predicted octanol–water partition coefficient (Wildman–Crippen LogP) is 17.8. The van der Waals surface area contributed by atoms with E-state index in [1.54, 1.807) is 32.2 Å². The van der Waals surface area contributed by atoms with Gasteiger partial charge in [-0.05, 0) is 207 Å². The van der Waals surface area contributed by atoms with Crippen molar-refractivity contribution in [1.82, 2.24) is 0 Å². The molecular formula is C77H95F3N2O13S3. The summed E-state index contributed by atoms with van der Waals surface area (Å²) in [6.07, 6.45) is -3.13. The van der Waals surface area contributed by atoms with Gasteiger partial charge in [0, 0.05) is 12.6 Å². The van der Waals surface area contributed by atoms with E-state index in [0.717, 1.165) is 40.6 Å². The molecule has 0 aliphatic carbocycles. The van der Waals surface area contributed by atoms with E-state index in [0.29, 0.717) is 18.8 Å². The molecule has 0 saturated carbocycles. The van der Waals surface area contributed by atoms with Crippen LogP contribution >= 0.6 is 0 Å². The molecule has 2 N–H and O–H groups in total. The van der Waals surface area contributed by atoms with Crippen LogP contribution in [0.1, 0.15) is 110 Å². The van der Waals surface area contributed by atoms with Crippen molar-refractivity contribution in [2.24, 2.45) is 4.36 Å². The van der Waals surface area contributed by atoms with E-state index >= 15 is 0 Å². The van der Waals surface area contributed by atoms with Gasteiger partial charge < -0.3 is 19.9 Å². The number of anilines is 1. The van der Waals surface area contributed by atoms with Gasteiger partial charge in [0.25, 0.3) is 6.47 Å². The Balaban J connectivity index is -0.00000101. The number of halogens is 3. The maximum atomic E-state index is 12.0. The van der Waals surface area contributed by atoms with E-state index in [9.17, 15) is 31.2 Å². The number of hydrogen-bond acceptors (Lipinski definition) is 14. The van der Waals surface area contributed by atoms with Crippen LogP contribution in [0.2, 0.25) is 0 Å². The minimum atomic E-state index is -4.22. The van der Waals surface area contributed by atoms with Crippen LogP contribution in [0.25, 0.3) is 0 Å². The van der Waals surface area contributed by atoms with Crippen molar-refractivity contribution in [2.75, 3.05) is 19.0 Å². The van der Waals surface area contributed by atoms with Gasteiger partial charge in [0.15, 0.2) is 0 Å². The first-order valence-electron chi connectivity index (χ1n) is 30.4. The lowest BCUT2D eigenvalue weighted by atomic mass is 10.1. The largest absolute Gasteiger partial charge is 0.496 e. The Hall–Kier alpha value is -9.67. The number of ether oxygens (including phenoxy) is 2. The van der Waals surface area contributed by atoms with Gasteiger partial charge in [0.2, 0.25) is 5.91 Å². The van der Waals surface area contributed by atoms with Gasteiger partial charge in [-0.1, -0.05) is 200 Å². The molecule has 98 heavy (non-hydrogen) atoms. The van der Waals surface area contributed by atoms with E-state index in [2.05, 4.69) is 175 Å². The molecule has 0 spiro atoms. The number of methoxy groups -OCH3 is 1. The first kappa shape index (κ1) is 92.5. The average molecular weight is 1410 g/mol. The van der Waals surface area contributed by atoms with Crippen molar-refractivity contribution in [3.8, 4) is 11.5 Å². The number of nitrogens with zero attached hydrogens (tertiary/aromatic N) is 1. The highest BCUT2D eigenvalue weighted by molar-refractivity contribution is 7.61. The van der Waals surface area contributed by atoms with Crippen molar-refractivity contribution in [1.29, 1.82) is 0 Å². The monoisotopic (exact) mass is 1410 g/mol. The highest BCUT2D eigenvalue weighted by Crippen LogP contribution is 2.31. The lowest BCUT2D eigenvalue weighted by Crippen LogP contribution is -2.06. The predicted molar refractivity (Wildman–Crippen MR) is 389 cm³/mol. The molecule has 9 rings (SSSR count). The van der Waals surface area contributed by atoms with Crippen molar-refractivity contribution in [3.05, 3.63) is 301 Å². The van der Waals surface area contributed by atoms with Crippen LogP contribution in [-0.4, -0.2) is 64.8 Å². The fraction of sp³-hybridized carbons (Fsp3) is 0.273. The molecule has 0 radical (unpaired) electrons. The molecule has 15 nitrogen and oxygen atoms in total. The van der Waals surface area contributed by atoms with Crippen molar-refractivity contribution in [3.63, 3.8) is 0 Å². The summed E-state index contributed by atoms with van der Waals surface area (Å²) < 4.78 is 118. The molecule has 0 atom stereocenters. The topological polar surface area (TPSA) is 234 Å². The quantitative estimate of drug-likeness (QED) is 0.142. The number of benzene rings is 9. The zero-order valence-electron chi connectivity index (χ0n) is 59.1. The Bertz CT molecular complexity index is 3980. The van der Waals surface area contributed by atoms with Gasteiger partial charge in [-0.2, -0.15) is 26.0 Å². The van der Waals surface area contributed by atoms with Crippen LogP contribution < -0.4 is 14.8 Å². The van der Waals surface area contributed by atoms with Crippen LogP contribution in [-0.2, 0) is 60.5 Å². The lowest BCUT2D eigenvalue weighted by Gasteiger charge is -2.08. The molecule has 0 unspecified atom stereocenters. The molecule has 1 amide bonds. The summed E-state index contributed by atoms with van der Waals surface area (Å²) in [6.45, 7) is 32.6. The molecule has 0 bridgehead atoms. The van der Waals surface area contributed by atoms with E-state index in [1.165, 1.54) is 87.2 Å². The van der Waals surface area contributed by atoms with Crippen molar-refractivity contribution in [2.45, 2.75) is 130 Å². The number of carbonyl (C=O) groups excluding carboxylic acids is 2. The number of aliphatic hydroxyl groups excluding tert-OH is 1. The normalized spacial score (nSPS) is 9.19. The summed E-state index contributed by atoms with van der Waals surface area (Å²) in [7, 11) is -6.71. The summed E-state index contributed by atoms with van der Waals surface area (Å²) in [5, 5.41) is 11.4. The summed E-state index contributed by atoms with van der Waals surface area (Å²) in [4.78, 5) is 20.5. The summed E-state index contributed by atoms with van der Waals surface area (Å²) >= 11 is 0. The van der Waals surface area contributed by atoms with E-state index in [4.69, 9.17) is 35.1 Å². The molecule has 21 heteroatoms. The molecule has 0 heterocycles. The lowest BCUT2D eigenvalue weighted by molar-refractivity contribution is -0.138. The number of amides is 1. The second-order valence-corrected chi connectivity index (χ2v) is 22.7. The zero-order valence-corrected chi connectivity index (χ0v) is 61.5. The zero-order chi connectivity index (χ0) is 75.2. The Morgan fingerprint density at radius 1 is 0.459 bits per heavy atom. The number of alkyl halides is 3. The average Bonchev–Trinajstić information content (AvgIpc) is 0.864. The van der Waals surface area contributed by atoms with E-state index < -0.39 is 43.5 Å². The third-order valence-corrected chi connectivity index (χ3v) is 13.3. The minimum absolute atomic E-state index is 0.0319. The molecule has 0 aliphatic rings. The Morgan fingerprint density at radius 3 is 1.18 bits per heavy atom.